The van der Waals surface area contributed by atoms with Crippen molar-refractivity contribution < 1.29 is 0 Å². The molecule has 1 rings (SSSR count). The molecule has 0 amide bonds. The van der Waals surface area contributed by atoms with E-state index in [1.165, 1.54) is 18.9 Å². The molecule has 0 aliphatic carbocycles. The minimum absolute atomic E-state index is 1.36. The molecule has 0 radical (unpaired) electrons. The number of hydrogen-bond donors (Lipinski definition) is 0. The third kappa shape index (κ3) is 3.67. The Morgan fingerprint density at radius 3 is 1.93 bits per heavy atom. The van der Waals surface area contributed by atoms with Gasteiger partial charge in [-0.3, -0.25) is 0 Å². The Kier molecular flexibility index (Phi) is 5.44. The molecule has 15 heavy (non-hydrogen) atoms. The molecule has 0 bridgehead atoms. The SMILES string of the molecule is C[CH2][Sn](/[CH]=C/c1ccccc1)([CH2]C)[CH2]C. The molecule has 0 spiro atoms. The summed E-state index contributed by atoms with van der Waals surface area (Å²) >= 11 is -1.84. The van der Waals surface area contributed by atoms with Crippen molar-refractivity contribution >= 4 is 24.5 Å². The summed E-state index contributed by atoms with van der Waals surface area (Å²) in [5.74, 6) is 0. The fraction of sp³-hybridized carbons (Fsp3) is 0.429. The Balaban J connectivity index is 2.79. The quantitative estimate of drug-likeness (QED) is 0.689. The van der Waals surface area contributed by atoms with Gasteiger partial charge in [-0.25, -0.2) is 0 Å². The first-order valence-electron chi connectivity index (χ1n) is 6.00. The van der Waals surface area contributed by atoms with Gasteiger partial charge < -0.3 is 0 Å². The number of benzene rings is 1. The van der Waals surface area contributed by atoms with E-state index in [1.54, 1.807) is 0 Å². The Morgan fingerprint density at radius 2 is 1.47 bits per heavy atom. The van der Waals surface area contributed by atoms with Crippen LogP contribution in [0.5, 0.6) is 0 Å². The number of rotatable bonds is 5. The fourth-order valence-electron chi connectivity index (χ4n) is 1.94. The fourth-order valence-corrected chi connectivity index (χ4v) is 9.80. The third-order valence-electron chi connectivity index (χ3n) is 3.54. The molecule has 0 saturated carbocycles. The van der Waals surface area contributed by atoms with Gasteiger partial charge in [-0.1, -0.05) is 0 Å². The Hall–Kier alpha value is -0.241. The molecule has 0 aromatic heterocycles. The summed E-state index contributed by atoms with van der Waals surface area (Å²) in [4.78, 5) is 0. The van der Waals surface area contributed by atoms with E-state index in [4.69, 9.17) is 0 Å². The van der Waals surface area contributed by atoms with E-state index in [-0.39, 0.29) is 0 Å². The summed E-state index contributed by atoms with van der Waals surface area (Å²) in [7, 11) is 0. The average Bonchev–Trinajstić information content (AvgIpc) is 2.33. The zero-order valence-corrected chi connectivity index (χ0v) is 13.0. The average molecular weight is 309 g/mol. The molecule has 1 aromatic rings. The van der Waals surface area contributed by atoms with Gasteiger partial charge in [-0.05, 0) is 0 Å². The van der Waals surface area contributed by atoms with Crippen molar-refractivity contribution in [3.05, 3.63) is 40.0 Å². The molecule has 0 unspecified atom stereocenters. The summed E-state index contributed by atoms with van der Waals surface area (Å²) in [6.07, 6.45) is 2.35. The zero-order chi connectivity index (χ0) is 11.1. The van der Waals surface area contributed by atoms with Gasteiger partial charge in [0.05, 0.1) is 0 Å². The van der Waals surface area contributed by atoms with Crippen molar-refractivity contribution in [2.45, 2.75) is 34.1 Å². The first-order chi connectivity index (χ1) is 7.26. The van der Waals surface area contributed by atoms with Gasteiger partial charge in [-0.2, -0.15) is 0 Å². The molecule has 0 aliphatic heterocycles. The molecule has 1 heteroatoms. The van der Waals surface area contributed by atoms with Crippen LogP contribution in [-0.2, 0) is 0 Å². The zero-order valence-electron chi connectivity index (χ0n) is 10.2. The van der Waals surface area contributed by atoms with Gasteiger partial charge in [0.25, 0.3) is 0 Å². The van der Waals surface area contributed by atoms with Crippen LogP contribution < -0.4 is 0 Å². The standard InChI is InChI=1S/C8H7.3C2H5.Sn/c1-2-8-6-4-3-5-7-8;3*1-2;/h1-7H;3*1H2,2H3;. The number of hydrogen-bond acceptors (Lipinski definition) is 0. The van der Waals surface area contributed by atoms with Crippen LogP contribution in [0.2, 0.25) is 13.3 Å². The maximum atomic E-state index is 2.60. The van der Waals surface area contributed by atoms with E-state index in [1.807, 2.05) is 0 Å². The van der Waals surface area contributed by atoms with E-state index in [0.717, 1.165) is 0 Å². The Bertz CT molecular complexity index is 288. The molecule has 0 atom stereocenters. The molecule has 82 valence electrons. The van der Waals surface area contributed by atoms with Gasteiger partial charge >= 0.3 is 98.5 Å². The van der Waals surface area contributed by atoms with Crippen LogP contribution in [0.1, 0.15) is 26.3 Å². The van der Waals surface area contributed by atoms with Crippen LogP contribution >= 0.6 is 0 Å². The van der Waals surface area contributed by atoms with Gasteiger partial charge in [0.15, 0.2) is 0 Å². The molecular weight excluding hydrogens is 287 g/mol. The van der Waals surface area contributed by atoms with Crippen molar-refractivity contribution in [1.82, 2.24) is 0 Å². The van der Waals surface area contributed by atoms with Gasteiger partial charge in [-0.15, -0.1) is 0 Å². The monoisotopic (exact) mass is 310 g/mol. The molecule has 0 N–H and O–H groups in total. The van der Waals surface area contributed by atoms with Gasteiger partial charge in [0.1, 0.15) is 0 Å². The second-order valence-corrected chi connectivity index (χ2v) is 18.9. The van der Waals surface area contributed by atoms with E-state index in [0.29, 0.717) is 0 Å². The summed E-state index contributed by atoms with van der Waals surface area (Å²) in [5, 5.41) is 0. The van der Waals surface area contributed by atoms with Crippen molar-refractivity contribution in [3.63, 3.8) is 0 Å². The molecule has 0 aliphatic rings. The van der Waals surface area contributed by atoms with E-state index in [9.17, 15) is 0 Å². The molecule has 1 aromatic carbocycles. The van der Waals surface area contributed by atoms with Crippen LogP contribution in [0.15, 0.2) is 34.4 Å². The Morgan fingerprint density at radius 1 is 0.933 bits per heavy atom. The van der Waals surface area contributed by atoms with E-state index in [2.05, 4.69) is 61.3 Å². The van der Waals surface area contributed by atoms with E-state index >= 15 is 0 Å². The van der Waals surface area contributed by atoms with Crippen LogP contribution in [0, 0.1) is 0 Å². The molecule has 0 nitrogen and oxygen atoms in total. The molecule has 0 saturated heterocycles. The van der Waals surface area contributed by atoms with Gasteiger partial charge in [0.2, 0.25) is 0 Å². The van der Waals surface area contributed by atoms with Crippen molar-refractivity contribution in [1.29, 1.82) is 0 Å². The predicted octanol–water partition coefficient (Wildman–Crippen LogP) is 4.75. The van der Waals surface area contributed by atoms with Gasteiger partial charge in [0, 0.05) is 0 Å². The van der Waals surface area contributed by atoms with Crippen LogP contribution in [0.25, 0.3) is 6.08 Å². The first-order valence-corrected chi connectivity index (χ1v) is 13.7. The minimum atomic E-state index is -1.84. The van der Waals surface area contributed by atoms with Crippen LogP contribution in [-0.4, -0.2) is 18.4 Å². The summed E-state index contributed by atoms with van der Waals surface area (Å²) in [6, 6.07) is 10.7. The second kappa shape index (κ2) is 6.36. The van der Waals surface area contributed by atoms with Crippen molar-refractivity contribution in [2.75, 3.05) is 0 Å². The van der Waals surface area contributed by atoms with Crippen LogP contribution in [0.3, 0.4) is 0 Å². The third-order valence-corrected chi connectivity index (χ3v) is 18.1. The molecular formula is C14H22Sn. The predicted molar refractivity (Wildman–Crippen MR) is 72.7 cm³/mol. The summed E-state index contributed by atoms with van der Waals surface area (Å²) in [5.41, 5.74) is 1.36. The molecule has 0 fully saturated rings. The normalized spacial score (nSPS) is 12.2. The first kappa shape index (κ1) is 12.8. The van der Waals surface area contributed by atoms with E-state index < -0.39 is 18.4 Å². The Labute approximate surface area is 98.3 Å². The second-order valence-electron chi connectivity index (χ2n) is 4.17. The summed E-state index contributed by atoms with van der Waals surface area (Å²) in [6.45, 7) is 7.12. The van der Waals surface area contributed by atoms with Crippen LogP contribution in [0.4, 0.5) is 0 Å². The maximum absolute atomic E-state index is 2.60. The van der Waals surface area contributed by atoms with Crippen molar-refractivity contribution in [2.24, 2.45) is 0 Å². The topological polar surface area (TPSA) is 0 Å². The molecule has 0 heterocycles. The van der Waals surface area contributed by atoms with Crippen molar-refractivity contribution in [3.8, 4) is 0 Å². The summed E-state index contributed by atoms with van der Waals surface area (Å²) < 4.78 is 6.91.